The predicted octanol–water partition coefficient (Wildman–Crippen LogP) is 6.50. The summed E-state index contributed by atoms with van der Waals surface area (Å²) in [6, 6.07) is 11.2. The molecule has 2 heterocycles. The van der Waals surface area contributed by atoms with Crippen molar-refractivity contribution in [1.29, 1.82) is 0 Å². The number of hydrogen-bond donors (Lipinski definition) is 2. The van der Waals surface area contributed by atoms with Gasteiger partial charge >= 0.3 is 0 Å². The number of aromatic nitrogens is 3. The lowest BCUT2D eigenvalue weighted by Crippen LogP contribution is -2.03. The SMILES string of the molecule is CCC1=C(c2ccc3nc(N)sc3c2)C2=C(CCCC2)c2c(ccc3[nH]ncc23)C1. The van der Waals surface area contributed by atoms with Crippen molar-refractivity contribution < 1.29 is 0 Å². The van der Waals surface area contributed by atoms with E-state index in [0.29, 0.717) is 5.13 Å². The zero-order chi connectivity index (χ0) is 20.2. The highest BCUT2D eigenvalue weighted by atomic mass is 32.1. The Balaban J connectivity index is 1.65. The molecule has 150 valence electrons. The third kappa shape index (κ3) is 2.65. The van der Waals surface area contributed by atoms with Crippen LogP contribution in [0.3, 0.4) is 0 Å². The first-order chi connectivity index (χ1) is 14.7. The van der Waals surface area contributed by atoms with Gasteiger partial charge in [0.2, 0.25) is 0 Å². The second-order valence-electron chi connectivity index (χ2n) is 8.34. The van der Waals surface area contributed by atoms with E-state index in [1.807, 2.05) is 6.20 Å². The lowest BCUT2D eigenvalue weighted by Gasteiger charge is -2.24. The van der Waals surface area contributed by atoms with Crippen molar-refractivity contribution in [3.63, 3.8) is 0 Å². The summed E-state index contributed by atoms with van der Waals surface area (Å²) in [6.07, 6.45) is 8.86. The lowest BCUT2D eigenvalue weighted by molar-refractivity contribution is 0.727. The topological polar surface area (TPSA) is 67.6 Å². The number of hydrogen-bond acceptors (Lipinski definition) is 4. The smallest absolute Gasteiger partial charge is 0.181 e. The van der Waals surface area contributed by atoms with Crippen LogP contribution in [0.1, 0.15) is 55.7 Å². The first kappa shape index (κ1) is 17.9. The molecule has 6 rings (SSSR count). The average Bonchev–Trinajstić information content (AvgIpc) is 3.35. The van der Waals surface area contributed by atoms with Crippen LogP contribution < -0.4 is 5.73 Å². The summed E-state index contributed by atoms with van der Waals surface area (Å²) in [4.78, 5) is 4.46. The van der Waals surface area contributed by atoms with Gasteiger partial charge in [-0.2, -0.15) is 5.10 Å². The van der Waals surface area contributed by atoms with Crippen LogP contribution in [0.5, 0.6) is 0 Å². The molecule has 0 radical (unpaired) electrons. The maximum atomic E-state index is 5.98. The molecule has 0 saturated heterocycles. The highest BCUT2D eigenvalue weighted by Crippen LogP contribution is 2.47. The molecule has 2 aliphatic carbocycles. The van der Waals surface area contributed by atoms with Crippen molar-refractivity contribution in [2.24, 2.45) is 0 Å². The van der Waals surface area contributed by atoms with Crippen LogP contribution in [0.2, 0.25) is 0 Å². The number of anilines is 1. The Morgan fingerprint density at radius 2 is 1.97 bits per heavy atom. The fourth-order valence-corrected chi connectivity index (χ4v) is 6.11. The molecule has 30 heavy (non-hydrogen) atoms. The second-order valence-corrected chi connectivity index (χ2v) is 9.40. The van der Waals surface area contributed by atoms with Crippen molar-refractivity contribution in [3.8, 4) is 0 Å². The number of H-pyrrole nitrogens is 1. The highest BCUT2D eigenvalue weighted by Gasteiger charge is 2.27. The maximum absolute atomic E-state index is 5.98. The standard InChI is InChI=1S/C25H24N4S/c1-2-14-11-15-7-9-20-19(13-27-29-20)24(15)18-6-4-3-5-17(18)23(14)16-8-10-21-22(12-16)30-25(26)28-21/h7-10,12-13H,2-6,11H2,1H3,(H2,26,28)(H,27,29). The van der Waals surface area contributed by atoms with E-state index < -0.39 is 0 Å². The van der Waals surface area contributed by atoms with E-state index in [0.717, 1.165) is 36.7 Å². The van der Waals surface area contributed by atoms with E-state index in [4.69, 9.17) is 5.73 Å². The van der Waals surface area contributed by atoms with Gasteiger partial charge in [0.15, 0.2) is 5.13 Å². The Kier molecular flexibility index (Phi) is 4.06. The second kappa shape index (κ2) is 6.81. The van der Waals surface area contributed by atoms with Crippen molar-refractivity contribution in [2.75, 3.05) is 5.73 Å². The molecule has 0 aliphatic heterocycles. The van der Waals surface area contributed by atoms with E-state index in [-0.39, 0.29) is 0 Å². The highest BCUT2D eigenvalue weighted by molar-refractivity contribution is 7.22. The average molecular weight is 413 g/mol. The quantitative estimate of drug-likeness (QED) is 0.395. The van der Waals surface area contributed by atoms with Crippen molar-refractivity contribution >= 4 is 48.7 Å². The lowest BCUT2D eigenvalue weighted by atomic mass is 9.80. The van der Waals surface area contributed by atoms with E-state index in [1.165, 1.54) is 56.3 Å². The zero-order valence-electron chi connectivity index (χ0n) is 17.1. The van der Waals surface area contributed by atoms with Gasteiger partial charge in [-0.1, -0.05) is 36.0 Å². The molecule has 0 fully saturated rings. The van der Waals surface area contributed by atoms with E-state index in [2.05, 4.69) is 52.4 Å². The molecule has 3 N–H and O–H groups in total. The Morgan fingerprint density at radius 1 is 1.10 bits per heavy atom. The van der Waals surface area contributed by atoms with Gasteiger partial charge in [-0.15, -0.1) is 0 Å². The number of nitrogen functional groups attached to an aromatic ring is 1. The van der Waals surface area contributed by atoms with Crippen LogP contribution in [0.4, 0.5) is 5.13 Å². The summed E-state index contributed by atoms with van der Waals surface area (Å²) in [5.41, 5.74) is 18.4. The summed E-state index contributed by atoms with van der Waals surface area (Å²) >= 11 is 1.58. The van der Waals surface area contributed by atoms with Crippen LogP contribution in [0, 0.1) is 0 Å². The number of allylic oxidation sites excluding steroid dienone is 4. The molecule has 0 unspecified atom stereocenters. The van der Waals surface area contributed by atoms with E-state index in [1.54, 1.807) is 16.9 Å². The summed E-state index contributed by atoms with van der Waals surface area (Å²) in [5, 5.41) is 9.43. The summed E-state index contributed by atoms with van der Waals surface area (Å²) in [6.45, 7) is 2.29. The van der Waals surface area contributed by atoms with Crippen molar-refractivity contribution in [1.82, 2.24) is 15.2 Å². The largest absolute Gasteiger partial charge is 0.375 e. The van der Waals surface area contributed by atoms with Gasteiger partial charge in [-0.05, 0) is 90.1 Å². The predicted molar refractivity (Wildman–Crippen MR) is 126 cm³/mol. The molecule has 5 heteroatoms. The molecule has 0 bridgehead atoms. The van der Waals surface area contributed by atoms with Gasteiger partial charge in [0, 0.05) is 5.39 Å². The zero-order valence-corrected chi connectivity index (χ0v) is 17.9. The molecule has 0 spiro atoms. The van der Waals surface area contributed by atoms with Gasteiger partial charge in [0.05, 0.1) is 21.9 Å². The normalized spacial score (nSPS) is 16.8. The monoisotopic (exact) mass is 412 g/mol. The number of rotatable bonds is 2. The number of aromatic amines is 1. The molecular weight excluding hydrogens is 388 g/mol. The Labute approximate surface area is 179 Å². The van der Waals surface area contributed by atoms with Crippen LogP contribution in [-0.4, -0.2) is 15.2 Å². The first-order valence-corrected chi connectivity index (χ1v) is 11.6. The molecule has 0 saturated carbocycles. The number of nitrogens with two attached hydrogens (primary N) is 1. The van der Waals surface area contributed by atoms with E-state index >= 15 is 0 Å². The van der Waals surface area contributed by atoms with Gasteiger partial charge in [-0.3, -0.25) is 5.10 Å². The Morgan fingerprint density at radius 3 is 2.83 bits per heavy atom. The number of benzene rings is 2. The van der Waals surface area contributed by atoms with Crippen molar-refractivity contribution in [2.45, 2.75) is 45.4 Å². The third-order valence-electron chi connectivity index (χ3n) is 6.66. The number of fused-ring (bicyclic) bond motifs is 5. The molecule has 2 aliphatic rings. The van der Waals surface area contributed by atoms with Gasteiger partial charge in [0.25, 0.3) is 0 Å². The summed E-state index contributed by atoms with van der Waals surface area (Å²) in [7, 11) is 0. The minimum atomic E-state index is 0.639. The fraction of sp³-hybridized carbons (Fsp3) is 0.280. The summed E-state index contributed by atoms with van der Waals surface area (Å²) < 4.78 is 1.17. The van der Waals surface area contributed by atoms with Crippen molar-refractivity contribution in [3.05, 3.63) is 64.4 Å². The van der Waals surface area contributed by atoms with Crippen LogP contribution >= 0.6 is 11.3 Å². The maximum Gasteiger partial charge on any atom is 0.181 e. The number of thiazole rings is 1. The van der Waals surface area contributed by atoms with Gasteiger partial charge in [-0.25, -0.2) is 4.98 Å². The van der Waals surface area contributed by atoms with Crippen LogP contribution in [-0.2, 0) is 6.42 Å². The molecule has 4 aromatic rings. The summed E-state index contributed by atoms with van der Waals surface area (Å²) in [5.74, 6) is 0. The molecule has 0 amide bonds. The van der Waals surface area contributed by atoms with Crippen LogP contribution in [0.25, 0.3) is 32.3 Å². The fourth-order valence-electron chi connectivity index (χ4n) is 5.33. The first-order valence-electron chi connectivity index (χ1n) is 10.8. The van der Waals surface area contributed by atoms with Gasteiger partial charge in [0.1, 0.15) is 0 Å². The van der Waals surface area contributed by atoms with E-state index in [9.17, 15) is 0 Å². The molecule has 2 aromatic carbocycles. The van der Waals surface area contributed by atoms with Gasteiger partial charge < -0.3 is 5.73 Å². The minimum absolute atomic E-state index is 0.639. The molecular formula is C25H24N4S. The Hall–Kier alpha value is -2.92. The minimum Gasteiger partial charge on any atom is -0.375 e. The molecule has 4 nitrogen and oxygen atoms in total. The third-order valence-corrected chi connectivity index (χ3v) is 7.51. The molecule has 2 aromatic heterocycles. The van der Waals surface area contributed by atoms with Crippen LogP contribution in [0.15, 0.2) is 47.7 Å². The Bertz CT molecular complexity index is 1370. The molecule has 0 atom stereocenters. The number of nitrogens with zero attached hydrogens (tertiary/aromatic N) is 2. The number of nitrogens with one attached hydrogen (secondary N) is 1.